The van der Waals surface area contributed by atoms with E-state index < -0.39 is 0 Å². The van der Waals surface area contributed by atoms with E-state index >= 15 is 0 Å². The number of benzene rings is 1. The highest BCUT2D eigenvalue weighted by atomic mass is 16.5. The monoisotopic (exact) mass is 280 g/mol. The predicted octanol–water partition coefficient (Wildman–Crippen LogP) is 1.21. The van der Waals surface area contributed by atoms with Crippen LogP contribution in [0.2, 0.25) is 0 Å². The van der Waals surface area contributed by atoms with Crippen molar-refractivity contribution in [2.75, 3.05) is 28.1 Å². The van der Waals surface area contributed by atoms with Crippen LogP contribution in [0, 0.1) is 0 Å². The SMILES string of the molecule is COc1cc(C2=NN(C(C)=O)CO2)cc(OC)c1OC. The largest absolute Gasteiger partial charge is 0.493 e. The zero-order valence-corrected chi connectivity index (χ0v) is 11.8. The molecule has 0 saturated carbocycles. The molecular formula is C13H16N2O5. The second-order valence-electron chi connectivity index (χ2n) is 4.01. The molecule has 1 aromatic rings. The van der Waals surface area contributed by atoms with Crippen LogP contribution in [0.3, 0.4) is 0 Å². The fraction of sp³-hybridized carbons (Fsp3) is 0.385. The first kappa shape index (κ1) is 14.0. The summed E-state index contributed by atoms with van der Waals surface area (Å²) in [7, 11) is 4.58. The van der Waals surface area contributed by atoms with E-state index in [1.54, 1.807) is 12.1 Å². The lowest BCUT2D eigenvalue weighted by molar-refractivity contribution is -0.130. The average Bonchev–Trinajstić information content (AvgIpc) is 2.95. The average molecular weight is 280 g/mol. The van der Waals surface area contributed by atoms with Crippen molar-refractivity contribution in [3.8, 4) is 17.2 Å². The Morgan fingerprint density at radius 1 is 1.20 bits per heavy atom. The Balaban J connectivity index is 2.43. The van der Waals surface area contributed by atoms with Crippen molar-refractivity contribution in [1.82, 2.24) is 5.01 Å². The predicted molar refractivity (Wildman–Crippen MR) is 71.1 cm³/mol. The Bertz CT molecular complexity index is 531. The fourth-order valence-electron chi connectivity index (χ4n) is 1.80. The fourth-order valence-corrected chi connectivity index (χ4v) is 1.80. The number of carbonyl (C=O) groups excluding carboxylic acids is 1. The van der Waals surface area contributed by atoms with Crippen LogP contribution in [0.25, 0.3) is 0 Å². The molecule has 7 nitrogen and oxygen atoms in total. The molecule has 0 saturated heterocycles. The Kier molecular flexibility index (Phi) is 3.97. The molecule has 0 aromatic heterocycles. The van der Waals surface area contributed by atoms with Crippen LogP contribution in [0.5, 0.6) is 17.2 Å². The van der Waals surface area contributed by atoms with Gasteiger partial charge in [0.15, 0.2) is 18.2 Å². The number of hydrogen-bond acceptors (Lipinski definition) is 6. The van der Waals surface area contributed by atoms with Gasteiger partial charge in [-0.25, -0.2) is 0 Å². The van der Waals surface area contributed by atoms with Gasteiger partial charge >= 0.3 is 0 Å². The quantitative estimate of drug-likeness (QED) is 0.829. The van der Waals surface area contributed by atoms with Crippen LogP contribution < -0.4 is 14.2 Å². The first-order valence-corrected chi connectivity index (χ1v) is 5.90. The molecule has 0 unspecified atom stereocenters. The maximum atomic E-state index is 11.2. The summed E-state index contributed by atoms with van der Waals surface area (Å²) in [4.78, 5) is 11.2. The summed E-state index contributed by atoms with van der Waals surface area (Å²) in [5.74, 6) is 1.62. The lowest BCUT2D eigenvalue weighted by atomic mass is 10.2. The highest BCUT2D eigenvalue weighted by Crippen LogP contribution is 2.38. The molecule has 0 fully saturated rings. The summed E-state index contributed by atoms with van der Waals surface area (Å²) in [6, 6.07) is 3.42. The first-order chi connectivity index (χ1) is 9.60. The maximum absolute atomic E-state index is 11.2. The molecular weight excluding hydrogens is 264 g/mol. The zero-order valence-electron chi connectivity index (χ0n) is 11.8. The van der Waals surface area contributed by atoms with Crippen molar-refractivity contribution in [2.24, 2.45) is 5.10 Å². The summed E-state index contributed by atoms with van der Waals surface area (Å²) in [5.41, 5.74) is 0.642. The second-order valence-corrected chi connectivity index (χ2v) is 4.01. The molecule has 7 heteroatoms. The summed E-state index contributed by atoms with van der Waals surface area (Å²) >= 11 is 0. The van der Waals surface area contributed by atoms with E-state index in [9.17, 15) is 4.79 Å². The van der Waals surface area contributed by atoms with Gasteiger partial charge in [0.1, 0.15) is 0 Å². The molecule has 1 aromatic carbocycles. The Morgan fingerprint density at radius 3 is 2.20 bits per heavy atom. The number of ether oxygens (including phenoxy) is 4. The standard InChI is InChI=1S/C13H16N2O5/c1-8(16)15-7-20-13(14-15)9-5-10(17-2)12(19-4)11(6-9)18-3/h5-6H,7H2,1-4H3. The maximum Gasteiger partial charge on any atom is 0.242 e. The molecule has 2 rings (SSSR count). The van der Waals surface area contributed by atoms with Crippen LogP contribution >= 0.6 is 0 Å². The molecule has 108 valence electrons. The van der Waals surface area contributed by atoms with E-state index in [4.69, 9.17) is 18.9 Å². The van der Waals surface area contributed by atoms with E-state index in [0.29, 0.717) is 28.7 Å². The molecule has 0 aliphatic carbocycles. The van der Waals surface area contributed by atoms with Crippen LogP contribution in [0.4, 0.5) is 0 Å². The highest BCUT2D eigenvalue weighted by molar-refractivity contribution is 5.97. The third-order valence-corrected chi connectivity index (χ3v) is 2.81. The lowest BCUT2D eigenvalue weighted by Crippen LogP contribution is -2.20. The van der Waals surface area contributed by atoms with Crippen molar-refractivity contribution in [1.29, 1.82) is 0 Å². The van der Waals surface area contributed by atoms with Gasteiger partial charge in [-0.05, 0) is 12.1 Å². The molecule has 0 N–H and O–H groups in total. The summed E-state index contributed by atoms with van der Waals surface area (Å²) in [6.07, 6.45) is 0. The van der Waals surface area contributed by atoms with Gasteiger partial charge in [0.05, 0.1) is 21.3 Å². The zero-order chi connectivity index (χ0) is 14.7. The smallest absolute Gasteiger partial charge is 0.242 e. The van der Waals surface area contributed by atoms with Gasteiger partial charge in [0.2, 0.25) is 17.6 Å². The third kappa shape index (κ3) is 2.47. The van der Waals surface area contributed by atoms with E-state index in [1.165, 1.54) is 33.3 Å². The van der Waals surface area contributed by atoms with Crippen molar-refractivity contribution in [3.63, 3.8) is 0 Å². The normalized spacial score (nSPS) is 13.6. The molecule has 0 spiro atoms. The van der Waals surface area contributed by atoms with Gasteiger partial charge in [0.25, 0.3) is 0 Å². The Labute approximate surface area is 116 Å². The van der Waals surface area contributed by atoms with Crippen molar-refractivity contribution >= 4 is 11.8 Å². The van der Waals surface area contributed by atoms with Crippen LogP contribution in [0.15, 0.2) is 17.2 Å². The topological polar surface area (TPSA) is 69.6 Å². The van der Waals surface area contributed by atoms with Crippen LogP contribution in [0.1, 0.15) is 12.5 Å². The molecule has 1 heterocycles. The number of carbonyl (C=O) groups is 1. The molecule has 1 aliphatic rings. The van der Waals surface area contributed by atoms with Crippen molar-refractivity contribution in [2.45, 2.75) is 6.92 Å². The molecule has 20 heavy (non-hydrogen) atoms. The number of hydrogen-bond donors (Lipinski definition) is 0. The summed E-state index contributed by atoms with van der Waals surface area (Å²) < 4.78 is 21.1. The van der Waals surface area contributed by atoms with Gasteiger partial charge in [-0.3, -0.25) is 4.79 Å². The van der Waals surface area contributed by atoms with Crippen molar-refractivity contribution < 1.29 is 23.7 Å². The minimum absolute atomic E-state index is 0.0985. The van der Waals surface area contributed by atoms with Gasteiger partial charge < -0.3 is 18.9 Å². The van der Waals surface area contributed by atoms with Gasteiger partial charge in [-0.15, -0.1) is 5.10 Å². The molecule has 1 aliphatic heterocycles. The molecule has 1 amide bonds. The first-order valence-electron chi connectivity index (χ1n) is 5.90. The Hall–Kier alpha value is -2.44. The van der Waals surface area contributed by atoms with Gasteiger partial charge in [0, 0.05) is 12.5 Å². The van der Waals surface area contributed by atoms with E-state index in [-0.39, 0.29) is 12.6 Å². The van der Waals surface area contributed by atoms with Crippen LogP contribution in [-0.4, -0.2) is 44.9 Å². The third-order valence-electron chi connectivity index (χ3n) is 2.81. The molecule has 0 atom stereocenters. The number of amides is 1. The number of methoxy groups -OCH3 is 3. The van der Waals surface area contributed by atoms with Crippen LogP contribution in [-0.2, 0) is 9.53 Å². The van der Waals surface area contributed by atoms with Gasteiger partial charge in [-0.2, -0.15) is 5.01 Å². The van der Waals surface area contributed by atoms with Gasteiger partial charge in [-0.1, -0.05) is 0 Å². The summed E-state index contributed by atoms with van der Waals surface area (Å²) in [5, 5.41) is 5.33. The van der Waals surface area contributed by atoms with E-state index in [0.717, 1.165) is 0 Å². The highest BCUT2D eigenvalue weighted by Gasteiger charge is 2.23. The molecule has 0 bridgehead atoms. The second kappa shape index (κ2) is 5.68. The molecule has 0 radical (unpaired) electrons. The number of hydrazone groups is 1. The number of rotatable bonds is 4. The van der Waals surface area contributed by atoms with E-state index in [1.807, 2.05) is 0 Å². The minimum atomic E-state index is -0.188. The number of nitrogens with zero attached hydrogens (tertiary/aromatic N) is 2. The Morgan fingerprint density at radius 2 is 1.80 bits per heavy atom. The van der Waals surface area contributed by atoms with E-state index in [2.05, 4.69) is 5.10 Å². The minimum Gasteiger partial charge on any atom is -0.493 e. The van der Waals surface area contributed by atoms with Crippen molar-refractivity contribution in [3.05, 3.63) is 17.7 Å². The summed E-state index contributed by atoms with van der Waals surface area (Å²) in [6.45, 7) is 1.52. The lowest BCUT2D eigenvalue weighted by Gasteiger charge is -2.13.